The van der Waals surface area contributed by atoms with E-state index in [1.54, 1.807) is 0 Å². The van der Waals surface area contributed by atoms with Crippen LogP contribution in [0.15, 0.2) is 4.52 Å². The summed E-state index contributed by atoms with van der Waals surface area (Å²) in [5.41, 5.74) is 0. The number of aromatic nitrogens is 2. The van der Waals surface area contributed by atoms with Crippen molar-refractivity contribution in [2.75, 3.05) is 0 Å². The number of Topliss-reactive ketones (excluding diaryl/α,β-unsaturated/α-hetero) is 1. The number of rotatable bonds is 6. The molecule has 1 rings (SSSR count). The van der Waals surface area contributed by atoms with Crippen molar-refractivity contribution in [2.45, 2.75) is 46.5 Å². The summed E-state index contributed by atoms with van der Waals surface area (Å²) in [5, 5.41) is 3.84. The zero-order valence-corrected chi connectivity index (χ0v) is 9.62. The lowest BCUT2D eigenvalue weighted by Crippen LogP contribution is -2.01. The number of nitrogens with zero attached hydrogens (tertiary/aromatic N) is 2. The van der Waals surface area contributed by atoms with Crippen molar-refractivity contribution >= 4 is 5.78 Å². The van der Waals surface area contributed by atoms with Crippen molar-refractivity contribution in [2.24, 2.45) is 5.92 Å². The van der Waals surface area contributed by atoms with Gasteiger partial charge in [-0.2, -0.15) is 4.98 Å². The maximum atomic E-state index is 11.1. The van der Waals surface area contributed by atoms with E-state index >= 15 is 0 Å². The van der Waals surface area contributed by atoms with Crippen LogP contribution in [0.5, 0.6) is 0 Å². The Labute approximate surface area is 90.1 Å². The van der Waals surface area contributed by atoms with Gasteiger partial charge in [0, 0.05) is 12.8 Å². The lowest BCUT2D eigenvalue weighted by molar-refractivity contribution is -0.118. The van der Waals surface area contributed by atoms with Gasteiger partial charge in [-0.1, -0.05) is 25.9 Å². The molecule has 0 amide bonds. The lowest BCUT2D eigenvalue weighted by Gasteiger charge is -1.98. The Kier molecular flexibility index (Phi) is 4.46. The van der Waals surface area contributed by atoms with Gasteiger partial charge in [0.15, 0.2) is 5.82 Å². The minimum Gasteiger partial charge on any atom is -0.339 e. The highest BCUT2D eigenvalue weighted by Crippen LogP contribution is 2.07. The Bertz CT molecular complexity index is 318. The Morgan fingerprint density at radius 1 is 1.47 bits per heavy atom. The first-order valence-corrected chi connectivity index (χ1v) is 5.45. The number of aryl methyl sites for hydroxylation is 1. The molecule has 1 aromatic heterocycles. The average molecular weight is 210 g/mol. The second kappa shape index (κ2) is 5.63. The first-order valence-electron chi connectivity index (χ1n) is 5.45. The average Bonchev–Trinajstić information content (AvgIpc) is 2.62. The molecule has 4 nitrogen and oxygen atoms in total. The maximum Gasteiger partial charge on any atom is 0.234 e. The molecule has 0 saturated carbocycles. The molecule has 0 spiro atoms. The molecule has 0 atom stereocenters. The predicted molar refractivity (Wildman–Crippen MR) is 56.5 cm³/mol. The van der Waals surface area contributed by atoms with Crippen LogP contribution in [0.3, 0.4) is 0 Å². The van der Waals surface area contributed by atoms with Gasteiger partial charge >= 0.3 is 0 Å². The fraction of sp³-hybridized carbons (Fsp3) is 0.727. The summed E-state index contributed by atoms with van der Waals surface area (Å²) < 4.78 is 4.99. The third-order valence-corrected chi connectivity index (χ3v) is 2.20. The molecule has 0 fully saturated rings. The SMILES string of the molecule is CCC(=O)Cc1nc(CCC(C)C)no1. The lowest BCUT2D eigenvalue weighted by atomic mass is 10.1. The van der Waals surface area contributed by atoms with Crippen LogP contribution in [0.1, 0.15) is 45.3 Å². The quantitative estimate of drug-likeness (QED) is 0.722. The van der Waals surface area contributed by atoms with Crippen LogP contribution >= 0.6 is 0 Å². The molecule has 0 aliphatic rings. The van der Waals surface area contributed by atoms with E-state index in [1.165, 1.54) is 0 Å². The molecule has 1 aromatic rings. The molecule has 0 aliphatic carbocycles. The molecule has 0 saturated heterocycles. The normalized spacial score (nSPS) is 10.9. The molecule has 0 bridgehead atoms. The molecule has 0 aromatic carbocycles. The molecular weight excluding hydrogens is 192 g/mol. The van der Waals surface area contributed by atoms with E-state index < -0.39 is 0 Å². The second-order valence-corrected chi connectivity index (χ2v) is 4.11. The highest BCUT2D eigenvalue weighted by molar-refractivity contribution is 5.79. The number of hydrogen-bond donors (Lipinski definition) is 0. The summed E-state index contributed by atoms with van der Waals surface area (Å²) in [6.45, 7) is 6.14. The van der Waals surface area contributed by atoms with Gasteiger partial charge in [0.05, 0.1) is 6.42 Å². The van der Waals surface area contributed by atoms with Crippen LogP contribution < -0.4 is 0 Å². The maximum absolute atomic E-state index is 11.1. The Balaban J connectivity index is 2.45. The van der Waals surface area contributed by atoms with Crippen LogP contribution in [0.2, 0.25) is 0 Å². The molecule has 1 heterocycles. The summed E-state index contributed by atoms with van der Waals surface area (Å²) in [6, 6.07) is 0. The van der Waals surface area contributed by atoms with Gasteiger partial charge in [0.25, 0.3) is 0 Å². The van der Waals surface area contributed by atoms with Crippen molar-refractivity contribution in [1.29, 1.82) is 0 Å². The Hall–Kier alpha value is -1.19. The van der Waals surface area contributed by atoms with E-state index in [-0.39, 0.29) is 12.2 Å². The van der Waals surface area contributed by atoms with Gasteiger partial charge in [0.1, 0.15) is 5.78 Å². The summed E-state index contributed by atoms with van der Waals surface area (Å²) in [6.07, 6.45) is 2.65. The first-order chi connectivity index (χ1) is 7.11. The van der Waals surface area contributed by atoms with Gasteiger partial charge in [0.2, 0.25) is 5.89 Å². The largest absolute Gasteiger partial charge is 0.339 e. The van der Waals surface area contributed by atoms with Crippen molar-refractivity contribution in [1.82, 2.24) is 10.1 Å². The highest BCUT2D eigenvalue weighted by Gasteiger charge is 2.10. The van der Waals surface area contributed by atoms with E-state index in [0.717, 1.165) is 12.8 Å². The van der Waals surface area contributed by atoms with Crippen molar-refractivity contribution in [3.05, 3.63) is 11.7 Å². The molecule has 0 aliphatic heterocycles. The van der Waals surface area contributed by atoms with Gasteiger partial charge < -0.3 is 4.52 Å². The molecular formula is C11H18N2O2. The van der Waals surface area contributed by atoms with E-state index in [4.69, 9.17) is 4.52 Å². The third kappa shape index (κ3) is 4.23. The van der Waals surface area contributed by atoms with Gasteiger partial charge in [-0.15, -0.1) is 0 Å². The molecule has 0 radical (unpaired) electrons. The molecule has 0 N–H and O–H groups in total. The van der Waals surface area contributed by atoms with Crippen molar-refractivity contribution in [3.8, 4) is 0 Å². The monoisotopic (exact) mass is 210 g/mol. The minimum absolute atomic E-state index is 0.133. The summed E-state index contributed by atoms with van der Waals surface area (Å²) >= 11 is 0. The fourth-order valence-corrected chi connectivity index (χ4v) is 1.17. The standard InChI is InChI=1S/C11H18N2O2/c1-4-9(14)7-11-12-10(13-15-11)6-5-8(2)3/h8H,4-7H2,1-3H3. The number of carbonyl (C=O) groups excluding carboxylic acids is 1. The van der Waals surface area contributed by atoms with Crippen LogP contribution in [-0.4, -0.2) is 15.9 Å². The summed E-state index contributed by atoms with van der Waals surface area (Å²) in [7, 11) is 0. The Morgan fingerprint density at radius 3 is 2.80 bits per heavy atom. The summed E-state index contributed by atoms with van der Waals surface area (Å²) in [4.78, 5) is 15.3. The van der Waals surface area contributed by atoms with Crippen molar-refractivity contribution < 1.29 is 9.32 Å². The molecule has 0 unspecified atom stereocenters. The smallest absolute Gasteiger partial charge is 0.234 e. The van der Waals surface area contributed by atoms with E-state index in [0.29, 0.717) is 24.1 Å². The van der Waals surface area contributed by atoms with E-state index in [1.807, 2.05) is 6.92 Å². The number of carbonyl (C=O) groups is 1. The second-order valence-electron chi connectivity index (χ2n) is 4.11. The topological polar surface area (TPSA) is 56.0 Å². The molecule has 4 heteroatoms. The van der Waals surface area contributed by atoms with E-state index in [9.17, 15) is 4.79 Å². The Morgan fingerprint density at radius 2 is 2.20 bits per heavy atom. The minimum atomic E-state index is 0.133. The van der Waals surface area contributed by atoms with Crippen LogP contribution in [-0.2, 0) is 17.6 Å². The zero-order chi connectivity index (χ0) is 11.3. The number of ketones is 1. The van der Waals surface area contributed by atoms with Crippen LogP contribution in [0.4, 0.5) is 0 Å². The zero-order valence-electron chi connectivity index (χ0n) is 9.62. The van der Waals surface area contributed by atoms with Gasteiger partial charge in [-0.05, 0) is 12.3 Å². The number of hydrogen-bond acceptors (Lipinski definition) is 4. The van der Waals surface area contributed by atoms with Crippen molar-refractivity contribution in [3.63, 3.8) is 0 Å². The molecule has 84 valence electrons. The third-order valence-electron chi connectivity index (χ3n) is 2.20. The predicted octanol–water partition coefficient (Wildman–Crippen LogP) is 2.18. The first kappa shape index (κ1) is 11.9. The van der Waals surface area contributed by atoms with Gasteiger partial charge in [-0.3, -0.25) is 4.79 Å². The van der Waals surface area contributed by atoms with Gasteiger partial charge in [-0.25, -0.2) is 0 Å². The fourth-order valence-electron chi connectivity index (χ4n) is 1.17. The highest BCUT2D eigenvalue weighted by atomic mass is 16.5. The van der Waals surface area contributed by atoms with E-state index in [2.05, 4.69) is 24.0 Å². The van der Waals surface area contributed by atoms with Crippen LogP contribution in [0, 0.1) is 5.92 Å². The van der Waals surface area contributed by atoms with Crippen LogP contribution in [0.25, 0.3) is 0 Å². The summed E-state index contributed by atoms with van der Waals surface area (Å²) in [5.74, 6) is 1.92. The molecule has 15 heavy (non-hydrogen) atoms.